The minimum absolute atomic E-state index is 0.0607. The summed E-state index contributed by atoms with van der Waals surface area (Å²) in [6, 6.07) is 15.7. The van der Waals surface area contributed by atoms with Crippen LogP contribution in [0.25, 0.3) is 22.0 Å². The fourth-order valence-corrected chi connectivity index (χ4v) is 2.50. The maximum absolute atomic E-state index is 13.1. The summed E-state index contributed by atoms with van der Waals surface area (Å²) in [5, 5.41) is 3.76. The van der Waals surface area contributed by atoms with Crippen molar-refractivity contribution in [1.29, 1.82) is 0 Å². The van der Waals surface area contributed by atoms with Crippen molar-refractivity contribution in [1.82, 2.24) is 10.3 Å². The predicted octanol–water partition coefficient (Wildman–Crippen LogP) is 4.18. The molecule has 0 aliphatic heterocycles. The Balaban J connectivity index is 2.05. The van der Waals surface area contributed by atoms with Gasteiger partial charge in [-0.1, -0.05) is 24.3 Å². The summed E-state index contributed by atoms with van der Waals surface area (Å²) in [5.41, 5.74) is 3.01. The van der Waals surface area contributed by atoms with Gasteiger partial charge >= 0.3 is 0 Å². The van der Waals surface area contributed by atoms with E-state index < -0.39 is 0 Å². The van der Waals surface area contributed by atoms with Gasteiger partial charge in [0.05, 0.1) is 5.52 Å². The van der Waals surface area contributed by atoms with Gasteiger partial charge in [0.2, 0.25) is 0 Å². The number of amides is 1. The molecule has 0 atom stereocenters. The van der Waals surface area contributed by atoms with Gasteiger partial charge in [-0.3, -0.25) is 4.79 Å². The number of nitrogens with one attached hydrogen (secondary N) is 1. The topological polar surface area (TPSA) is 42.0 Å². The van der Waals surface area contributed by atoms with E-state index in [0.717, 1.165) is 22.0 Å². The van der Waals surface area contributed by atoms with Crippen molar-refractivity contribution in [3.8, 4) is 11.1 Å². The lowest BCUT2D eigenvalue weighted by Crippen LogP contribution is -2.30. The van der Waals surface area contributed by atoms with Gasteiger partial charge in [-0.25, -0.2) is 9.37 Å². The molecule has 0 spiro atoms. The third-order valence-corrected chi connectivity index (χ3v) is 3.54. The van der Waals surface area contributed by atoms with Gasteiger partial charge in [0, 0.05) is 11.4 Å². The standard InChI is InChI=1S/C19H17FN2O/c1-12(2)21-19(23)18-11-10-16-15(4-3-5-17(16)22-18)13-6-8-14(20)9-7-13/h3-12H,1-2H3,(H,21,23). The van der Waals surface area contributed by atoms with E-state index >= 15 is 0 Å². The Labute approximate surface area is 134 Å². The van der Waals surface area contributed by atoms with Crippen LogP contribution < -0.4 is 5.32 Å². The van der Waals surface area contributed by atoms with E-state index in [1.54, 1.807) is 18.2 Å². The zero-order valence-corrected chi connectivity index (χ0v) is 13.0. The van der Waals surface area contributed by atoms with E-state index in [1.165, 1.54) is 12.1 Å². The van der Waals surface area contributed by atoms with Gasteiger partial charge in [0.15, 0.2) is 0 Å². The molecule has 116 valence electrons. The Bertz CT molecular complexity index is 857. The number of carbonyl (C=O) groups excluding carboxylic acids is 1. The summed E-state index contributed by atoms with van der Waals surface area (Å²) in [6.45, 7) is 3.82. The molecule has 0 fully saturated rings. The molecule has 1 aromatic heterocycles. The Hall–Kier alpha value is -2.75. The highest BCUT2D eigenvalue weighted by atomic mass is 19.1. The zero-order valence-electron chi connectivity index (χ0n) is 13.0. The highest BCUT2D eigenvalue weighted by Gasteiger charge is 2.11. The first kappa shape index (κ1) is 15.2. The Kier molecular flexibility index (Phi) is 4.06. The SMILES string of the molecule is CC(C)NC(=O)c1ccc2c(-c3ccc(F)cc3)cccc2n1. The number of rotatable bonds is 3. The molecule has 1 amide bonds. The number of carbonyl (C=O) groups is 1. The second-order valence-corrected chi connectivity index (χ2v) is 5.70. The van der Waals surface area contributed by atoms with Crippen molar-refractivity contribution in [3.63, 3.8) is 0 Å². The smallest absolute Gasteiger partial charge is 0.270 e. The fourth-order valence-electron chi connectivity index (χ4n) is 2.50. The van der Waals surface area contributed by atoms with Crippen molar-refractivity contribution in [3.05, 3.63) is 66.1 Å². The number of aromatic nitrogens is 1. The third kappa shape index (κ3) is 3.21. The summed E-state index contributed by atoms with van der Waals surface area (Å²) >= 11 is 0. The van der Waals surface area contributed by atoms with E-state index in [9.17, 15) is 9.18 Å². The van der Waals surface area contributed by atoms with Crippen LogP contribution in [0.1, 0.15) is 24.3 Å². The van der Waals surface area contributed by atoms with Crippen LogP contribution in [-0.4, -0.2) is 16.9 Å². The van der Waals surface area contributed by atoms with Crippen molar-refractivity contribution in [2.24, 2.45) is 0 Å². The van der Waals surface area contributed by atoms with E-state index in [2.05, 4.69) is 10.3 Å². The molecule has 0 aliphatic carbocycles. The molecule has 1 N–H and O–H groups in total. The van der Waals surface area contributed by atoms with E-state index in [0.29, 0.717) is 5.69 Å². The minimum atomic E-state index is -0.264. The molecule has 4 heteroatoms. The lowest BCUT2D eigenvalue weighted by molar-refractivity contribution is 0.0938. The zero-order chi connectivity index (χ0) is 16.4. The van der Waals surface area contributed by atoms with Gasteiger partial charge in [-0.05, 0) is 55.3 Å². The van der Waals surface area contributed by atoms with Crippen LogP contribution in [0.15, 0.2) is 54.6 Å². The first-order chi connectivity index (χ1) is 11.0. The van der Waals surface area contributed by atoms with Gasteiger partial charge < -0.3 is 5.32 Å². The molecule has 0 unspecified atom stereocenters. The van der Waals surface area contributed by atoms with Crippen LogP contribution in [0.3, 0.4) is 0 Å². The highest BCUT2D eigenvalue weighted by molar-refractivity contribution is 5.99. The number of pyridine rings is 1. The van der Waals surface area contributed by atoms with Gasteiger partial charge in [0.25, 0.3) is 5.91 Å². The second kappa shape index (κ2) is 6.16. The van der Waals surface area contributed by atoms with E-state index in [4.69, 9.17) is 0 Å². The molecule has 3 rings (SSSR count). The lowest BCUT2D eigenvalue weighted by Gasteiger charge is -2.10. The molecule has 0 radical (unpaired) electrons. The Morgan fingerprint density at radius 3 is 2.48 bits per heavy atom. The number of nitrogens with zero attached hydrogens (tertiary/aromatic N) is 1. The first-order valence-electron chi connectivity index (χ1n) is 7.51. The molecule has 23 heavy (non-hydrogen) atoms. The maximum atomic E-state index is 13.1. The van der Waals surface area contributed by atoms with Crippen LogP contribution >= 0.6 is 0 Å². The average Bonchev–Trinajstić information content (AvgIpc) is 2.54. The fraction of sp³-hybridized carbons (Fsp3) is 0.158. The van der Waals surface area contributed by atoms with Crippen LogP contribution in [-0.2, 0) is 0 Å². The Morgan fingerprint density at radius 1 is 1.04 bits per heavy atom. The average molecular weight is 308 g/mol. The molecule has 0 saturated carbocycles. The molecule has 1 heterocycles. The van der Waals surface area contributed by atoms with Crippen LogP contribution in [0, 0.1) is 5.82 Å². The van der Waals surface area contributed by atoms with Crippen molar-refractivity contribution >= 4 is 16.8 Å². The molecule has 3 nitrogen and oxygen atoms in total. The van der Waals surface area contributed by atoms with Gasteiger partial charge in [-0.15, -0.1) is 0 Å². The molecular weight excluding hydrogens is 291 g/mol. The number of fused-ring (bicyclic) bond motifs is 1. The molecule has 2 aromatic carbocycles. The predicted molar refractivity (Wildman–Crippen MR) is 89.7 cm³/mol. The molecule has 0 aliphatic rings. The molecule has 0 saturated heterocycles. The molecular formula is C19H17FN2O. The summed E-state index contributed by atoms with van der Waals surface area (Å²) < 4.78 is 13.1. The van der Waals surface area contributed by atoms with Crippen molar-refractivity contribution in [2.75, 3.05) is 0 Å². The van der Waals surface area contributed by atoms with Crippen LogP contribution in [0.2, 0.25) is 0 Å². The lowest BCUT2D eigenvalue weighted by atomic mass is 10.0. The summed E-state index contributed by atoms with van der Waals surface area (Å²) in [7, 11) is 0. The van der Waals surface area contributed by atoms with Crippen molar-refractivity contribution < 1.29 is 9.18 Å². The molecule has 3 aromatic rings. The largest absolute Gasteiger partial charge is 0.349 e. The first-order valence-corrected chi connectivity index (χ1v) is 7.51. The number of hydrogen-bond donors (Lipinski definition) is 1. The summed E-state index contributed by atoms with van der Waals surface area (Å²) in [4.78, 5) is 16.5. The van der Waals surface area contributed by atoms with Gasteiger partial charge in [0.1, 0.15) is 11.5 Å². The second-order valence-electron chi connectivity index (χ2n) is 5.70. The van der Waals surface area contributed by atoms with Gasteiger partial charge in [-0.2, -0.15) is 0 Å². The minimum Gasteiger partial charge on any atom is -0.349 e. The third-order valence-electron chi connectivity index (χ3n) is 3.54. The maximum Gasteiger partial charge on any atom is 0.270 e. The summed E-state index contributed by atoms with van der Waals surface area (Å²) in [6.07, 6.45) is 0. The Morgan fingerprint density at radius 2 is 1.78 bits per heavy atom. The monoisotopic (exact) mass is 308 g/mol. The molecule has 0 bridgehead atoms. The van der Waals surface area contributed by atoms with Crippen LogP contribution in [0.4, 0.5) is 4.39 Å². The van der Waals surface area contributed by atoms with Crippen molar-refractivity contribution in [2.45, 2.75) is 19.9 Å². The van der Waals surface area contributed by atoms with E-state index in [-0.39, 0.29) is 17.8 Å². The number of halogens is 1. The quantitative estimate of drug-likeness (QED) is 0.788. The highest BCUT2D eigenvalue weighted by Crippen LogP contribution is 2.28. The van der Waals surface area contributed by atoms with E-state index in [1.807, 2.05) is 38.1 Å². The number of hydrogen-bond acceptors (Lipinski definition) is 2. The summed E-state index contributed by atoms with van der Waals surface area (Å²) in [5.74, 6) is -0.450. The van der Waals surface area contributed by atoms with Crippen LogP contribution in [0.5, 0.6) is 0 Å². The number of benzene rings is 2. The normalized spacial score (nSPS) is 11.0.